The molecule has 0 saturated heterocycles. The van der Waals surface area contributed by atoms with Crippen molar-refractivity contribution in [1.82, 2.24) is 4.57 Å². The molecular formula is C27H22BrF3N2O3. The number of carbonyl (C=O) groups is 2. The van der Waals surface area contributed by atoms with Gasteiger partial charge in [0, 0.05) is 32.9 Å². The van der Waals surface area contributed by atoms with Crippen LogP contribution in [0.3, 0.4) is 0 Å². The van der Waals surface area contributed by atoms with Crippen LogP contribution < -0.4 is 4.90 Å². The maximum absolute atomic E-state index is 13.5. The van der Waals surface area contributed by atoms with E-state index in [1.165, 1.54) is 26.2 Å². The number of carbonyl (C=O) groups excluding carboxylic acids is 2. The summed E-state index contributed by atoms with van der Waals surface area (Å²) in [6.07, 6.45) is -2.99. The van der Waals surface area contributed by atoms with Crippen molar-refractivity contribution in [3.05, 3.63) is 98.4 Å². The molecule has 3 aromatic rings. The molecule has 0 unspecified atom stereocenters. The average molecular weight is 559 g/mol. The van der Waals surface area contributed by atoms with E-state index in [0.717, 1.165) is 38.6 Å². The number of benzene rings is 2. The number of aryl methyl sites for hydroxylation is 1. The van der Waals surface area contributed by atoms with E-state index in [2.05, 4.69) is 15.9 Å². The Hall–Kier alpha value is -3.59. The molecule has 1 aliphatic rings. The van der Waals surface area contributed by atoms with Crippen LogP contribution in [0, 0.1) is 13.8 Å². The first-order chi connectivity index (χ1) is 16.9. The normalized spacial score (nSPS) is 15.3. The lowest BCUT2D eigenvalue weighted by Gasteiger charge is -2.19. The Morgan fingerprint density at radius 2 is 1.67 bits per heavy atom. The lowest BCUT2D eigenvalue weighted by Crippen LogP contribution is -2.25. The second kappa shape index (κ2) is 9.46. The number of aromatic nitrogens is 1. The summed E-state index contributed by atoms with van der Waals surface area (Å²) in [7, 11) is 1.19. The van der Waals surface area contributed by atoms with E-state index in [1.54, 1.807) is 6.08 Å². The Labute approximate surface area is 214 Å². The Morgan fingerprint density at radius 3 is 2.28 bits per heavy atom. The minimum Gasteiger partial charge on any atom is -0.465 e. The smallest absolute Gasteiger partial charge is 0.416 e. The summed E-state index contributed by atoms with van der Waals surface area (Å²) < 4.78 is 47.8. The molecule has 0 aliphatic carbocycles. The third-order valence-electron chi connectivity index (χ3n) is 6.08. The number of nitrogens with zero attached hydrogens (tertiary/aromatic N) is 2. The zero-order chi connectivity index (χ0) is 26.4. The second-order valence-corrected chi connectivity index (χ2v) is 9.25. The van der Waals surface area contributed by atoms with Gasteiger partial charge in [-0.15, -0.1) is 0 Å². The minimum absolute atomic E-state index is 0.00774. The van der Waals surface area contributed by atoms with Crippen molar-refractivity contribution in [2.24, 2.45) is 0 Å². The molecule has 5 nitrogen and oxygen atoms in total. The molecule has 0 radical (unpaired) electrons. The van der Waals surface area contributed by atoms with Crippen LogP contribution in [0.4, 0.5) is 18.9 Å². The molecule has 2 aromatic carbocycles. The molecule has 186 valence electrons. The summed E-state index contributed by atoms with van der Waals surface area (Å²) in [6.45, 7) is 5.32. The highest BCUT2D eigenvalue weighted by Crippen LogP contribution is 2.38. The van der Waals surface area contributed by atoms with Crippen LogP contribution in [0.5, 0.6) is 0 Å². The van der Waals surface area contributed by atoms with Gasteiger partial charge in [0.1, 0.15) is 0 Å². The average Bonchev–Trinajstić information content (AvgIpc) is 3.24. The number of halogens is 4. The molecule has 0 fully saturated rings. The third-order valence-corrected chi connectivity index (χ3v) is 6.60. The standard InChI is InChI=1S/C27H22BrF3N2O3/c1-15-12-18(16(2)32(15)21-10-8-20(28)9-11-21)13-23-24(26(35)36-4)17(3)33(25(23)34)22-7-5-6-19(14-22)27(29,30)31/h5-14H,1-4H3/b23-13-. The number of ether oxygens (including phenoxy) is 1. The van der Waals surface area contributed by atoms with E-state index in [0.29, 0.717) is 5.56 Å². The molecule has 36 heavy (non-hydrogen) atoms. The van der Waals surface area contributed by atoms with Crippen molar-refractivity contribution in [3.63, 3.8) is 0 Å². The Morgan fingerprint density at radius 1 is 1.00 bits per heavy atom. The van der Waals surface area contributed by atoms with Gasteiger partial charge in [0.05, 0.1) is 23.8 Å². The number of amides is 1. The van der Waals surface area contributed by atoms with E-state index < -0.39 is 23.6 Å². The fourth-order valence-corrected chi connectivity index (χ4v) is 4.65. The van der Waals surface area contributed by atoms with Gasteiger partial charge in [-0.05, 0) is 80.9 Å². The first-order valence-electron chi connectivity index (χ1n) is 10.9. The largest absolute Gasteiger partial charge is 0.465 e. The highest BCUT2D eigenvalue weighted by molar-refractivity contribution is 9.10. The topological polar surface area (TPSA) is 51.5 Å². The Bertz CT molecular complexity index is 1430. The van der Waals surface area contributed by atoms with Crippen molar-refractivity contribution in [2.75, 3.05) is 12.0 Å². The first kappa shape index (κ1) is 25.5. The van der Waals surface area contributed by atoms with E-state index in [9.17, 15) is 22.8 Å². The highest BCUT2D eigenvalue weighted by atomic mass is 79.9. The molecule has 0 bridgehead atoms. The molecule has 1 amide bonds. The lowest BCUT2D eigenvalue weighted by molar-refractivity contribution is -0.137. The minimum atomic E-state index is -4.58. The van der Waals surface area contributed by atoms with Gasteiger partial charge in [0.15, 0.2) is 0 Å². The van der Waals surface area contributed by atoms with E-state index >= 15 is 0 Å². The van der Waals surface area contributed by atoms with Crippen LogP contribution in [0.1, 0.15) is 29.4 Å². The lowest BCUT2D eigenvalue weighted by atomic mass is 10.0. The number of esters is 1. The van der Waals surface area contributed by atoms with E-state index in [1.807, 2.05) is 48.7 Å². The number of alkyl halides is 3. The van der Waals surface area contributed by atoms with Crippen LogP contribution in [0.2, 0.25) is 0 Å². The number of methoxy groups -OCH3 is 1. The number of rotatable bonds is 4. The van der Waals surface area contributed by atoms with Gasteiger partial charge in [-0.1, -0.05) is 22.0 Å². The predicted octanol–water partition coefficient (Wildman–Crippen LogP) is 6.75. The summed E-state index contributed by atoms with van der Waals surface area (Å²) in [4.78, 5) is 27.3. The van der Waals surface area contributed by atoms with Gasteiger partial charge in [0.25, 0.3) is 5.91 Å². The third kappa shape index (κ3) is 4.51. The fraction of sp³-hybridized carbons (Fsp3) is 0.185. The van der Waals surface area contributed by atoms with Crippen LogP contribution in [0.15, 0.2) is 75.9 Å². The Kier molecular flexibility index (Phi) is 6.70. The van der Waals surface area contributed by atoms with Gasteiger partial charge in [-0.2, -0.15) is 13.2 Å². The molecule has 1 aromatic heterocycles. The van der Waals surface area contributed by atoms with Crippen molar-refractivity contribution in [2.45, 2.75) is 26.9 Å². The van der Waals surface area contributed by atoms with Crippen molar-refractivity contribution < 1.29 is 27.5 Å². The zero-order valence-electron chi connectivity index (χ0n) is 19.9. The summed E-state index contributed by atoms with van der Waals surface area (Å²) in [5, 5.41) is 0. The van der Waals surface area contributed by atoms with Crippen molar-refractivity contribution >= 4 is 39.6 Å². The number of hydrogen-bond donors (Lipinski definition) is 0. The van der Waals surface area contributed by atoms with Crippen LogP contribution in [-0.4, -0.2) is 23.6 Å². The summed E-state index contributed by atoms with van der Waals surface area (Å²) >= 11 is 3.43. The molecule has 0 saturated carbocycles. The highest BCUT2D eigenvalue weighted by Gasteiger charge is 2.39. The van der Waals surface area contributed by atoms with Gasteiger partial charge >= 0.3 is 12.1 Å². The SMILES string of the molecule is COC(=O)C1=C(C)N(c2cccc(C(F)(F)F)c2)C(=O)/C1=C\c1cc(C)n(-c2ccc(Br)cc2)c1C. The Balaban J connectivity index is 1.84. The van der Waals surface area contributed by atoms with Gasteiger partial charge in [-0.25, -0.2) is 4.79 Å². The fourth-order valence-electron chi connectivity index (χ4n) is 4.39. The number of hydrogen-bond acceptors (Lipinski definition) is 3. The molecule has 0 N–H and O–H groups in total. The summed E-state index contributed by atoms with van der Waals surface area (Å²) in [5.74, 6) is -1.36. The quantitative estimate of drug-likeness (QED) is 0.263. The molecule has 0 atom stereocenters. The number of allylic oxidation sites excluding steroid dienone is 1. The number of anilines is 1. The van der Waals surface area contributed by atoms with Gasteiger partial charge in [-0.3, -0.25) is 9.69 Å². The molecular weight excluding hydrogens is 537 g/mol. The first-order valence-corrected chi connectivity index (χ1v) is 11.7. The van der Waals surface area contributed by atoms with Gasteiger partial charge < -0.3 is 9.30 Å². The molecule has 2 heterocycles. The van der Waals surface area contributed by atoms with Gasteiger partial charge in [0.2, 0.25) is 0 Å². The predicted molar refractivity (Wildman–Crippen MR) is 135 cm³/mol. The maximum atomic E-state index is 13.5. The van der Waals surface area contributed by atoms with Crippen LogP contribution >= 0.6 is 15.9 Å². The van der Waals surface area contributed by atoms with Crippen molar-refractivity contribution in [3.8, 4) is 5.69 Å². The maximum Gasteiger partial charge on any atom is 0.416 e. The van der Waals surface area contributed by atoms with E-state index in [-0.39, 0.29) is 22.5 Å². The van der Waals surface area contributed by atoms with Crippen molar-refractivity contribution in [1.29, 1.82) is 0 Å². The zero-order valence-corrected chi connectivity index (χ0v) is 21.5. The van der Waals surface area contributed by atoms with E-state index in [4.69, 9.17) is 4.74 Å². The monoisotopic (exact) mass is 558 g/mol. The molecule has 1 aliphatic heterocycles. The molecule has 9 heteroatoms. The summed E-state index contributed by atoms with van der Waals surface area (Å²) in [6, 6.07) is 14.0. The van der Waals surface area contributed by atoms with Crippen LogP contribution in [0.25, 0.3) is 11.8 Å². The van der Waals surface area contributed by atoms with Crippen LogP contribution in [-0.2, 0) is 20.5 Å². The second-order valence-electron chi connectivity index (χ2n) is 8.34. The summed E-state index contributed by atoms with van der Waals surface area (Å²) in [5.41, 5.74) is 2.71. The molecule has 0 spiro atoms. The molecule has 4 rings (SSSR count).